The average Bonchev–Trinajstić information content (AvgIpc) is 2.03. The van der Waals surface area contributed by atoms with Crippen molar-refractivity contribution in [3.63, 3.8) is 0 Å². The molecule has 68 valence electrons. The van der Waals surface area contributed by atoms with Crippen LogP contribution in [0.4, 0.5) is 0 Å². The Labute approximate surface area is 74.5 Å². The zero-order chi connectivity index (χ0) is 8.93. The summed E-state index contributed by atoms with van der Waals surface area (Å²) in [4.78, 5) is 0. The van der Waals surface area contributed by atoms with Gasteiger partial charge in [0, 0.05) is 12.5 Å². The van der Waals surface area contributed by atoms with E-state index in [0.717, 1.165) is 5.92 Å². The largest absolute Gasteiger partial charge is 0.396 e. The number of aliphatic hydroxyl groups is 1. The maximum Gasteiger partial charge on any atom is 0.0496 e. The highest BCUT2D eigenvalue weighted by Crippen LogP contribution is 2.62. The minimum absolute atomic E-state index is 0.307. The van der Waals surface area contributed by atoms with Crippen molar-refractivity contribution >= 4 is 0 Å². The molecular weight excluding hydrogens is 148 g/mol. The topological polar surface area (TPSA) is 20.2 Å². The molecule has 0 heterocycles. The summed E-state index contributed by atoms with van der Waals surface area (Å²) in [5.74, 6) is 1.93. The minimum atomic E-state index is 0.307. The first kappa shape index (κ1) is 8.31. The van der Waals surface area contributed by atoms with Gasteiger partial charge in [-0.2, -0.15) is 0 Å². The molecule has 0 aliphatic heterocycles. The highest BCUT2D eigenvalue weighted by atomic mass is 16.3. The molecule has 3 fully saturated rings. The lowest BCUT2D eigenvalue weighted by Crippen LogP contribution is -2.52. The number of hydrogen-bond acceptors (Lipinski definition) is 1. The van der Waals surface area contributed by atoms with Gasteiger partial charge in [-0.3, -0.25) is 0 Å². The van der Waals surface area contributed by atoms with E-state index in [1.165, 1.54) is 18.4 Å². The number of fused-ring (bicyclic) bond motifs is 2. The van der Waals surface area contributed by atoms with E-state index >= 15 is 0 Å². The summed E-state index contributed by atoms with van der Waals surface area (Å²) in [6, 6.07) is 0. The molecule has 3 atom stereocenters. The zero-order valence-electron chi connectivity index (χ0n) is 8.01. The molecule has 0 radical (unpaired) electrons. The predicted molar refractivity (Wildman–Crippen MR) is 49.7 cm³/mol. The number of hydrogen-bond donors (Lipinski definition) is 1. The smallest absolute Gasteiger partial charge is 0.0496 e. The standard InChI is InChI=1S/C11H18O/c1-7-8(6-12)4-9-5-10(7)11(9,2)3/h8-10,12H,1,4-6H2,2-3H3/t8-,9-,10+/m1/s1. The van der Waals surface area contributed by atoms with E-state index in [9.17, 15) is 0 Å². The molecule has 0 aromatic rings. The summed E-state index contributed by atoms with van der Waals surface area (Å²) in [5, 5.41) is 9.11. The lowest BCUT2D eigenvalue weighted by Gasteiger charge is -2.59. The van der Waals surface area contributed by atoms with Crippen LogP contribution in [0.2, 0.25) is 0 Å². The van der Waals surface area contributed by atoms with Gasteiger partial charge in [0.15, 0.2) is 0 Å². The molecule has 0 unspecified atom stereocenters. The van der Waals surface area contributed by atoms with Gasteiger partial charge < -0.3 is 5.11 Å². The van der Waals surface area contributed by atoms with Crippen molar-refractivity contribution in [3.8, 4) is 0 Å². The Morgan fingerprint density at radius 3 is 2.58 bits per heavy atom. The van der Waals surface area contributed by atoms with Gasteiger partial charge in [-0.15, -0.1) is 0 Å². The molecule has 1 nitrogen and oxygen atoms in total. The molecule has 0 spiro atoms. The Morgan fingerprint density at radius 2 is 2.17 bits per heavy atom. The maximum atomic E-state index is 9.11. The van der Waals surface area contributed by atoms with Crippen molar-refractivity contribution in [2.24, 2.45) is 23.2 Å². The molecule has 1 heteroatoms. The van der Waals surface area contributed by atoms with Gasteiger partial charge in [-0.25, -0.2) is 0 Å². The van der Waals surface area contributed by atoms with Crippen molar-refractivity contribution in [1.29, 1.82) is 0 Å². The van der Waals surface area contributed by atoms with Gasteiger partial charge in [-0.1, -0.05) is 26.0 Å². The van der Waals surface area contributed by atoms with Crippen LogP contribution in [0.15, 0.2) is 12.2 Å². The molecule has 3 aliphatic carbocycles. The predicted octanol–water partition coefficient (Wildman–Crippen LogP) is 2.22. The first-order chi connectivity index (χ1) is 5.57. The van der Waals surface area contributed by atoms with E-state index in [1.807, 2.05) is 0 Å². The average molecular weight is 166 g/mol. The first-order valence-electron chi connectivity index (χ1n) is 4.87. The van der Waals surface area contributed by atoms with Crippen molar-refractivity contribution in [1.82, 2.24) is 0 Å². The minimum Gasteiger partial charge on any atom is -0.396 e. The van der Waals surface area contributed by atoms with Crippen LogP contribution < -0.4 is 0 Å². The van der Waals surface area contributed by atoms with Crippen molar-refractivity contribution in [3.05, 3.63) is 12.2 Å². The van der Waals surface area contributed by atoms with Gasteiger partial charge in [0.2, 0.25) is 0 Å². The summed E-state index contributed by atoms with van der Waals surface area (Å²) in [5.41, 5.74) is 1.79. The molecule has 0 saturated heterocycles. The molecule has 1 N–H and O–H groups in total. The third-order valence-corrected chi connectivity index (χ3v) is 4.23. The third-order valence-electron chi connectivity index (χ3n) is 4.23. The monoisotopic (exact) mass is 166 g/mol. The quantitative estimate of drug-likeness (QED) is 0.592. The Balaban J connectivity index is 2.17. The second-order valence-corrected chi connectivity index (χ2v) is 5.00. The van der Waals surface area contributed by atoms with Gasteiger partial charge in [-0.05, 0) is 30.1 Å². The molecular formula is C11H18O. The fourth-order valence-corrected chi connectivity index (χ4v) is 3.02. The van der Waals surface area contributed by atoms with Crippen LogP contribution in [0.3, 0.4) is 0 Å². The molecule has 0 aromatic heterocycles. The van der Waals surface area contributed by atoms with Crippen LogP contribution >= 0.6 is 0 Å². The molecule has 12 heavy (non-hydrogen) atoms. The van der Waals surface area contributed by atoms with Gasteiger partial charge in [0.25, 0.3) is 0 Å². The Kier molecular flexibility index (Phi) is 1.63. The fourth-order valence-electron chi connectivity index (χ4n) is 3.02. The second kappa shape index (κ2) is 2.35. The SMILES string of the molecule is C=C1[C@@H](CO)C[C@@H]2C[C@@H]1C2(C)C. The van der Waals surface area contributed by atoms with Crippen molar-refractivity contribution in [2.75, 3.05) is 6.61 Å². The third kappa shape index (κ3) is 0.832. The zero-order valence-corrected chi connectivity index (χ0v) is 8.01. The molecule has 2 bridgehead atoms. The van der Waals surface area contributed by atoms with Gasteiger partial charge >= 0.3 is 0 Å². The van der Waals surface area contributed by atoms with E-state index in [4.69, 9.17) is 5.11 Å². The second-order valence-electron chi connectivity index (χ2n) is 5.00. The van der Waals surface area contributed by atoms with E-state index in [1.54, 1.807) is 0 Å². The van der Waals surface area contributed by atoms with Crippen LogP contribution in [0, 0.1) is 23.2 Å². The number of rotatable bonds is 1. The summed E-state index contributed by atoms with van der Waals surface area (Å²) in [6.45, 7) is 9.10. The van der Waals surface area contributed by atoms with E-state index in [2.05, 4.69) is 20.4 Å². The summed E-state index contributed by atoms with van der Waals surface area (Å²) < 4.78 is 0. The van der Waals surface area contributed by atoms with Gasteiger partial charge in [0.1, 0.15) is 0 Å². The van der Waals surface area contributed by atoms with Crippen LogP contribution in [-0.2, 0) is 0 Å². The van der Waals surface area contributed by atoms with E-state index in [0.29, 0.717) is 23.9 Å². The van der Waals surface area contributed by atoms with E-state index < -0.39 is 0 Å². The first-order valence-corrected chi connectivity index (χ1v) is 4.87. The fraction of sp³-hybridized carbons (Fsp3) is 0.818. The highest BCUT2D eigenvalue weighted by molar-refractivity contribution is 5.22. The lowest BCUT2D eigenvalue weighted by atomic mass is 9.45. The maximum absolute atomic E-state index is 9.11. The summed E-state index contributed by atoms with van der Waals surface area (Å²) in [6.07, 6.45) is 2.49. The lowest BCUT2D eigenvalue weighted by molar-refractivity contribution is -0.0546. The summed E-state index contributed by atoms with van der Waals surface area (Å²) in [7, 11) is 0. The van der Waals surface area contributed by atoms with E-state index in [-0.39, 0.29) is 0 Å². The van der Waals surface area contributed by atoms with Crippen LogP contribution in [-0.4, -0.2) is 11.7 Å². The Hall–Kier alpha value is -0.300. The molecule has 3 rings (SSSR count). The Morgan fingerprint density at radius 1 is 1.50 bits per heavy atom. The molecule has 0 aromatic carbocycles. The Bertz CT molecular complexity index is 217. The summed E-state index contributed by atoms with van der Waals surface area (Å²) >= 11 is 0. The van der Waals surface area contributed by atoms with Crippen molar-refractivity contribution in [2.45, 2.75) is 26.7 Å². The van der Waals surface area contributed by atoms with Crippen LogP contribution in [0.25, 0.3) is 0 Å². The molecule has 3 saturated carbocycles. The van der Waals surface area contributed by atoms with Crippen LogP contribution in [0.5, 0.6) is 0 Å². The van der Waals surface area contributed by atoms with Gasteiger partial charge in [0.05, 0.1) is 0 Å². The highest BCUT2D eigenvalue weighted by Gasteiger charge is 2.54. The normalized spacial score (nSPS) is 43.9. The molecule has 3 aliphatic rings. The van der Waals surface area contributed by atoms with Crippen LogP contribution in [0.1, 0.15) is 26.7 Å². The van der Waals surface area contributed by atoms with Crippen molar-refractivity contribution < 1.29 is 5.11 Å². The number of aliphatic hydroxyl groups excluding tert-OH is 1. The molecule has 0 amide bonds.